The number of nitrogens with zero attached hydrogens (tertiary/aromatic N) is 3. The first-order valence-electron chi connectivity index (χ1n) is 9.79. The van der Waals surface area contributed by atoms with Crippen LogP contribution in [0.15, 0.2) is 24.4 Å². The Morgan fingerprint density at radius 3 is 2.96 bits per heavy atom. The molecule has 2 aliphatic rings. The number of fused-ring (bicyclic) bond motifs is 1. The highest BCUT2D eigenvalue weighted by atomic mass is 16.5. The Bertz CT molecular complexity index is 871. The number of methoxy groups -OCH3 is 2. The van der Waals surface area contributed by atoms with E-state index in [1.165, 1.54) is 0 Å². The van der Waals surface area contributed by atoms with Gasteiger partial charge in [-0.3, -0.25) is 4.79 Å². The number of rotatable bonds is 4. The molecule has 1 unspecified atom stereocenters. The van der Waals surface area contributed by atoms with Gasteiger partial charge in [0.1, 0.15) is 11.5 Å². The van der Waals surface area contributed by atoms with Crippen molar-refractivity contribution in [1.29, 1.82) is 0 Å². The molecule has 3 heterocycles. The molecule has 7 heteroatoms. The SMILES string of the molecule is COc1ccc(OC)c(C(=O)N2CCCCC2c2ncc3c(n2)CCNC3)c1. The molecule has 0 radical (unpaired) electrons. The molecule has 1 atom stereocenters. The molecule has 0 spiro atoms. The van der Waals surface area contributed by atoms with Crippen molar-refractivity contribution < 1.29 is 14.3 Å². The maximum absolute atomic E-state index is 13.4. The minimum Gasteiger partial charge on any atom is -0.497 e. The number of nitrogens with one attached hydrogen (secondary N) is 1. The molecule has 2 aromatic rings. The zero-order valence-electron chi connectivity index (χ0n) is 16.4. The lowest BCUT2D eigenvalue weighted by Gasteiger charge is -2.35. The summed E-state index contributed by atoms with van der Waals surface area (Å²) in [6.07, 6.45) is 5.71. The Hall–Kier alpha value is -2.67. The van der Waals surface area contributed by atoms with Crippen LogP contribution in [0, 0.1) is 0 Å². The maximum atomic E-state index is 13.4. The monoisotopic (exact) mass is 382 g/mol. The predicted octanol–water partition coefficient (Wildman–Crippen LogP) is 2.51. The van der Waals surface area contributed by atoms with E-state index in [2.05, 4.69) is 10.3 Å². The average Bonchev–Trinajstić information content (AvgIpc) is 2.77. The highest BCUT2D eigenvalue weighted by molar-refractivity contribution is 5.97. The molecule has 1 saturated heterocycles. The second-order valence-corrected chi connectivity index (χ2v) is 7.20. The molecule has 1 N–H and O–H groups in total. The van der Waals surface area contributed by atoms with E-state index in [1.807, 2.05) is 11.1 Å². The third kappa shape index (κ3) is 3.54. The Morgan fingerprint density at radius 2 is 2.14 bits per heavy atom. The highest BCUT2D eigenvalue weighted by Gasteiger charge is 2.32. The molecular weight excluding hydrogens is 356 g/mol. The first-order valence-corrected chi connectivity index (χ1v) is 9.79. The largest absolute Gasteiger partial charge is 0.497 e. The summed E-state index contributed by atoms with van der Waals surface area (Å²) in [5.74, 6) is 1.86. The number of ether oxygens (including phenoxy) is 2. The summed E-state index contributed by atoms with van der Waals surface area (Å²) in [6.45, 7) is 2.42. The van der Waals surface area contributed by atoms with Crippen molar-refractivity contribution in [3.05, 3.63) is 47.0 Å². The minimum atomic E-state index is -0.114. The van der Waals surface area contributed by atoms with E-state index in [0.717, 1.165) is 55.9 Å². The number of hydrogen-bond donors (Lipinski definition) is 1. The van der Waals surface area contributed by atoms with E-state index in [4.69, 9.17) is 14.5 Å². The van der Waals surface area contributed by atoms with E-state index in [0.29, 0.717) is 23.6 Å². The van der Waals surface area contributed by atoms with Crippen LogP contribution < -0.4 is 14.8 Å². The molecule has 0 saturated carbocycles. The van der Waals surface area contributed by atoms with Gasteiger partial charge < -0.3 is 19.7 Å². The number of likely N-dealkylation sites (tertiary alicyclic amines) is 1. The van der Waals surface area contributed by atoms with Crippen molar-refractivity contribution in [1.82, 2.24) is 20.2 Å². The van der Waals surface area contributed by atoms with E-state index < -0.39 is 0 Å². The van der Waals surface area contributed by atoms with Gasteiger partial charge in [-0.1, -0.05) is 0 Å². The van der Waals surface area contributed by atoms with Gasteiger partial charge in [0.05, 0.1) is 25.8 Å². The molecular formula is C21H26N4O3. The lowest BCUT2D eigenvalue weighted by molar-refractivity contribution is 0.0595. The fraction of sp³-hybridized carbons (Fsp3) is 0.476. The number of hydrogen-bond acceptors (Lipinski definition) is 6. The lowest BCUT2D eigenvalue weighted by atomic mass is 9.99. The molecule has 4 rings (SSSR count). The average molecular weight is 382 g/mol. The first kappa shape index (κ1) is 18.7. The van der Waals surface area contributed by atoms with Crippen LogP contribution in [0.5, 0.6) is 11.5 Å². The fourth-order valence-electron chi connectivity index (χ4n) is 3.99. The Kier molecular flexibility index (Phi) is 5.43. The van der Waals surface area contributed by atoms with Crippen LogP contribution >= 0.6 is 0 Å². The summed E-state index contributed by atoms with van der Waals surface area (Å²) in [6, 6.07) is 5.20. The second-order valence-electron chi connectivity index (χ2n) is 7.20. The molecule has 28 heavy (non-hydrogen) atoms. The zero-order chi connectivity index (χ0) is 19.5. The smallest absolute Gasteiger partial charge is 0.258 e. The van der Waals surface area contributed by atoms with Crippen LogP contribution in [0.2, 0.25) is 0 Å². The van der Waals surface area contributed by atoms with Gasteiger partial charge >= 0.3 is 0 Å². The van der Waals surface area contributed by atoms with E-state index in [1.54, 1.807) is 32.4 Å². The maximum Gasteiger partial charge on any atom is 0.258 e. The Labute approximate surface area is 165 Å². The van der Waals surface area contributed by atoms with Gasteiger partial charge in [0.2, 0.25) is 0 Å². The quantitative estimate of drug-likeness (QED) is 0.876. The molecule has 148 valence electrons. The van der Waals surface area contributed by atoms with Gasteiger partial charge in [-0.15, -0.1) is 0 Å². The standard InChI is InChI=1S/C21H26N4O3/c1-27-15-6-7-19(28-2)16(11-15)21(26)25-10-4-3-5-18(25)20-23-13-14-12-22-9-8-17(14)24-20/h6-7,11,13,18,22H,3-5,8-10,12H2,1-2H3. The van der Waals surface area contributed by atoms with E-state index >= 15 is 0 Å². The molecule has 1 amide bonds. The normalized spacial score (nSPS) is 19.1. The number of carbonyl (C=O) groups excluding carboxylic acids is 1. The first-order chi connectivity index (χ1) is 13.7. The van der Waals surface area contributed by atoms with Crippen molar-refractivity contribution in [2.24, 2.45) is 0 Å². The molecule has 0 bridgehead atoms. The van der Waals surface area contributed by atoms with Crippen LogP contribution in [0.4, 0.5) is 0 Å². The third-order valence-electron chi connectivity index (χ3n) is 5.53. The Morgan fingerprint density at radius 1 is 1.25 bits per heavy atom. The van der Waals surface area contributed by atoms with Crippen LogP contribution in [0.25, 0.3) is 0 Å². The van der Waals surface area contributed by atoms with Gasteiger partial charge in [0.25, 0.3) is 5.91 Å². The molecule has 0 aliphatic carbocycles. The highest BCUT2D eigenvalue weighted by Crippen LogP contribution is 2.33. The zero-order valence-corrected chi connectivity index (χ0v) is 16.4. The van der Waals surface area contributed by atoms with Crippen LogP contribution in [0.3, 0.4) is 0 Å². The summed E-state index contributed by atoms with van der Waals surface area (Å²) in [5, 5.41) is 3.34. The van der Waals surface area contributed by atoms with Gasteiger partial charge in [-0.2, -0.15) is 0 Å². The summed E-state index contributed by atoms with van der Waals surface area (Å²) in [7, 11) is 3.17. The molecule has 1 aromatic heterocycles. The molecule has 7 nitrogen and oxygen atoms in total. The topological polar surface area (TPSA) is 76.6 Å². The number of amides is 1. The van der Waals surface area contributed by atoms with Gasteiger partial charge in [0, 0.05) is 43.5 Å². The van der Waals surface area contributed by atoms with Crippen LogP contribution in [-0.4, -0.2) is 48.1 Å². The van der Waals surface area contributed by atoms with Crippen molar-refractivity contribution in [2.75, 3.05) is 27.3 Å². The lowest BCUT2D eigenvalue weighted by Crippen LogP contribution is -2.39. The van der Waals surface area contributed by atoms with Gasteiger partial charge in [-0.25, -0.2) is 9.97 Å². The molecule has 1 fully saturated rings. The van der Waals surface area contributed by atoms with Gasteiger partial charge in [-0.05, 0) is 37.5 Å². The van der Waals surface area contributed by atoms with Crippen LogP contribution in [-0.2, 0) is 13.0 Å². The summed E-state index contributed by atoms with van der Waals surface area (Å²) >= 11 is 0. The third-order valence-corrected chi connectivity index (χ3v) is 5.53. The molecule has 2 aliphatic heterocycles. The van der Waals surface area contributed by atoms with E-state index in [9.17, 15) is 4.79 Å². The van der Waals surface area contributed by atoms with Gasteiger partial charge in [0.15, 0.2) is 5.82 Å². The predicted molar refractivity (Wildman–Crippen MR) is 105 cm³/mol. The van der Waals surface area contributed by atoms with Crippen molar-refractivity contribution in [3.8, 4) is 11.5 Å². The summed E-state index contributed by atoms with van der Waals surface area (Å²) < 4.78 is 10.7. The minimum absolute atomic E-state index is 0.0663. The summed E-state index contributed by atoms with van der Waals surface area (Å²) in [5.41, 5.74) is 2.76. The van der Waals surface area contributed by atoms with Crippen molar-refractivity contribution in [3.63, 3.8) is 0 Å². The molecule has 1 aromatic carbocycles. The van der Waals surface area contributed by atoms with Crippen molar-refractivity contribution >= 4 is 5.91 Å². The number of aromatic nitrogens is 2. The van der Waals surface area contributed by atoms with E-state index in [-0.39, 0.29) is 11.9 Å². The van der Waals surface area contributed by atoms with Crippen LogP contribution in [0.1, 0.15) is 52.7 Å². The second kappa shape index (κ2) is 8.14. The number of piperidine rings is 1. The Balaban J connectivity index is 1.67. The summed E-state index contributed by atoms with van der Waals surface area (Å²) in [4.78, 5) is 24.8. The van der Waals surface area contributed by atoms with Crippen molar-refractivity contribution in [2.45, 2.75) is 38.3 Å². The fourth-order valence-corrected chi connectivity index (χ4v) is 3.99. The number of carbonyl (C=O) groups is 1. The number of benzene rings is 1.